The van der Waals surface area contributed by atoms with Crippen molar-refractivity contribution in [2.45, 2.75) is 13.3 Å². The van der Waals surface area contributed by atoms with E-state index in [1.54, 1.807) is 19.3 Å². The molecular weight excluding hydrogens is 323 g/mol. The normalized spacial score (nSPS) is 15.3. The lowest BCUT2D eigenvalue weighted by molar-refractivity contribution is 0.103. The molecule has 5 heteroatoms. The van der Waals surface area contributed by atoms with Gasteiger partial charge in [-0.25, -0.2) is 4.39 Å². The van der Waals surface area contributed by atoms with Gasteiger partial charge < -0.3 is 14.2 Å². The number of methoxy groups -OCH3 is 1. The molecule has 1 heterocycles. The van der Waals surface area contributed by atoms with Gasteiger partial charge in [0.2, 0.25) is 0 Å². The van der Waals surface area contributed by atoms with Crippen molar-refractivity contribution in [2.75, 3.05) is 20.3 Å². The number of benzene rings is 2. The molecular formula is C20H19FO4. The Morgan fingerprint density at radius 1 is 1.20 bits per heavy atom. The minimum absolute atomic E-state index is 0.222. The number of ketones is 1. The highest BCUT2D eigenvalue weighted by atomic mass is 19.1. The number of carbonyl (C=O) groups excluding carboxylic acids is 1. The van der Waals surface area contributed by atoms with Gasteiger partial charge in [-0.15, -0.1) is 0 Å². The maximum atomic E-state index is 13.5. The Balaban J connectivity index is 1.98. The predicted molar refractivity (Wildman–Crippen MR) is 93.0 cm³/mol. The molecule has 1 aliphatic rings. The molecule has 0 N–H and O–H groups in total. The minimum atomic E-state index is -0.458. The summed E-state index contributed by atoms with van der Waals surface area (Å²) >= 11 is 0. The van der Waals surface area contributed by atoms with E-state index in [1.165, 1.54) is 18.2 Å². The number of carbonyl (C=O) groups is 1. The molecule has 0 atom stereocenters. The quantitative estimate of drug-likeness (QED) is 0.778. The highest BCUT2D eigenvalue weighted by Crippen LogP contribution is 2.31. The first-order valence-corrected chi connectivity index (χ1v) is 8.11. The molecule has 0 spiro atoms. The lowest BCUT2D eigenvalue weighted by atomic mass is 9.99. The number of halogens is 1. The highest BCUT2D eigenvalue weighted by Gasteiger charge is 2.22. The van der Waals surface area contributed by atoms with Crippen molar-refractivity contribution < 1.29 is 23.4 Å². The summed E-state index contributed by atoms with van der Waals surface area (Å²) in [6.45, 7) is 2.77. The van der Waals surface area contributed by atoms with Crippen LogP contribution in [0.2, 0.25) is 0 Å². The largest absolute Gasteiger partial charge is 0.493 e. The predicted octanol–water partition coefficient (Wildman–Crippen LogP) is 4.28. The van der Waals surface area contributed by atoms with E-state index in [0.717, 1.165) is 5.56 Å². The third kappa shape index (κ3) is 3.65. The van der Waals surface area contributed by atoms with Crippen LogP contribution in [-0.2, 0) is 0 Å². The Hall–Kier alpha value is -2.82. The van der Waals surface area contributed by atoms with E-state index in [2.05, 4.69) is 0 Å². The second kappa shape index (κ2) is 7.38. The first kappa shape index (κ1) is 17.0. The Labute approximate surface area is 145 Å². The summed E-state index contributed by atoms with van der Waals surface area (Å²) in [5.41, 5.74) is 1.63. The number of Topliss-reactive ketones (excluding diaryl/α,β-unsaturated/α-hetero) is 1. The van der Waals surface area contributed by atoms with Gasteiger partial charge in [0.15, 0.2) is 17.3 Å². The van der Waals surface area contributed by atoms with Gasteiger partial charge in [0.05, 0.1) is 25.9 Å². The molecule has 0 bridgehead atoms. The molecule has 2 aromatic rings. The summed E-state index contributed by atoms with van der Waals surface area (Å²) in [5.74, 6) is 0.982. The van der Waals surface area contributed by atoms with Gasteiger partial charge in [0.1, 0.15) is 11.6 Å². The van der Waals surface area contributed by atoms with Gasteiger partial charge >= 0.3 is 0 Å². The SMILES string of the molecule is CCOc1cc(/C=C2\CCOc3ccc(F)cc3C2=O)ccc1OC. The molecule has 2 aromatic carbocycles. The summed E-state index contributed by atoms with van der Waals surface area (Å²) in [6.07, 6.45) is 2.23. The van der Waals surface area contributed by atoms with Crippen LogP contribution in [0.25, 0.3) is 6.08 Å². The molecule has 0 fully saturated rings. The second-order valence-electron chi connectivity index (χ2n) is 5.58. The van der Waals surface area contributed by atoms with Crippen LogP contribution in [-0.4, -0.2) is 26.1 Å². The standard InChI is InChI=1S/C20H19FO4/c1-3-24-19-11-13(4-6-18(19)23-2)10-14-8-9-25-17-7-5-15(21)12-16(17)20(14)22/h4-7,10-12H,3,8-9H2,1-2H3/b14-10+. The zero-order valence-corrected chi connectivity index (χ0v) is 14.2. The van der Waals surface area contributed by atoms with E-state index >= 15 is 0 Å². The molecule has 0 amide bonds. The van der Waals surface area contributed by atoms with Crippen LogP contribution in [0.1, 0.15) is 29.3 Å². The van der Waals surface area contributed by atoms with Crippen molar-refractivity contribution in [3.63, 3.8) is 0 Å². The third-order valence-corrected chi connectivity index (χ3v) is 3.94. The van der Waals surface area contributed by atoms with E-state index in [9.17, 15) is 9.18 Å². The van der Waals surface area contributed by atoms with Crippen LogP contribution in [0, 0.1) is 5.82 Å². The van der Waals surface area contributed by atoms with Crippen molar-refractivity contribution in [3.05, 3.63) is 58.9 Å². The molecule has 1 aliphatic heterocycles. The Bertz CT molecular complexity index is 826. The van der Waals surface area contributed by atoms with Gasteiger partial charge in [-0.05, 0) is 48.9 Å². The van der Waals surface area contributed by atoms with Crippen LogP contribution in [0.5, 0.6) is 17.2 Å². The first-order chi connectivity index (χ1) is 12.1. The van der Waals surface area contributed by atoms with Crippen molar-refractivity contribution in [3.8, 4) is 17.2 Å². The monoisotopic (exact) mass is 342 g/mol. The average Bonchev–Trinajstić information content (AvgIpc) is 2.75. The summed E-state index contributed by atoms with van der Waals surface area (Å²) < 4.78 is 29.9. The number of rotatable bonds is 4. The lowest BCUT2D eigenvalue weighted by Crippen LogP contribution is -2.03. The maximum Gasteiger partial charge on any atom is 0.192 e. The van der Waals surface area contributed by atoms with E-state index in [1.807, 2.05) is 19.1 Å². The zero-order chi connectivity index (χ0) is 17.8. The van der Waals surface area contributed by atoms with Crippen molar-refractivity contribution >= 4 is 11.9 Å². The van der Waals surface area contributed by atoms with E-state index < -0.39 is 5.82 Å². The summed E-state index contributed by atoms with van der Waals surface area (Å²) in [5, 5.41) is 0. The van der Waals surface area contributed by atoms with Gasteiger partial charge in [-0.2, -0.15) is 0 Å². The minimum Gasteiger partial charge on any atom is -0.493 e. The van der Waals surface area contributed by atoms with Crippen molar-refractivity contribution in [1.82, 2.24) is 0 Å². The van der Waals surface area contributed by atoms with Gasteiger partial charge in [0, 0.05) is 12.0 Å². The molecule has 0 saturated carbocycles. The van der Waals surface area contributed by atoms with Crippen LogP contribution in [0.15, 0.2) is 42.0 Å². The maximum absolute atomic E-state index is 13.5. The average molecular weight is 342 g/mol. The molecule has 0 radical (unpaired) electrons. The Morgan fingerprint density at radius 2 is 2.04 bits per heavy atom. The third-order valence-electron chi connectivity index (χ3n) is 3.94. The van der Waals surface area contributed by atoms with Crippen molar-refractivity contribution in [1.29, 1.82) is 0 Å². The summed E-state index contributed by atoms with van der Waals surface area (Å²) in [6, 6.07) is 9.46. The van der Waals surface area contributed by atoms with E-state index in [0.29, 0.717) is 42.5 Å². The topological polar surface area (TPSA) is 44.8 Å². The Morgan fingerprint density at radius 3 is 2.80 bits per heavy atom. The van der Waals surface area contributed by atoms with Crippen LogP contribution >= 0.6 is 0 Å². The number of ether oxygens (including phenoxy) is 3. The van der Waals surface area contributed by atoms with Gasteiger partial charge in [-0.1, -0.05) is 6.07 Å². The zero-order valence-electron chi connectivity index (χ0n) is 14.2. The Kier molecular flexibility index (Phi) is 5.03. The lowest BCUT2D eigenvalue weighted by Gasteiger charge is -2.10. The van der Waals surface area contributed by atoms with Crippen LogP contribution < -0.4 is 14.2 Å². The molecule has 3 rings (SSSR count). The fourth-order valence-electron chi connectivity index (χ4n) is 2.75. The summed E-state index contributed by atoms with van der Waals surface area (Å²) in [4.78, 5) is 12.8. The second-order valence-corrected chi connectivity index (χ2v) is 5.58. The molecule has 130 valence electrons. The molecule has 0 saturated heterocycles. The fourth-order valence-corrected chi connectivity index (χ4v) is 2.75. The van der Waals surface area contributed by atoms with Gasteiger partial charge in [0.25, 0.3) is 0 Å². The number of fused-ring (bicyclic) bond motifs is 1. The molecule has 4 nitrogen and oxygen atoms in total. The molecule has 0 unspecified atom stereocenters. The number of hydrogen-bond donors (Lipinski definition) is 0. The van der Waals surface area contributed by atoms with Crippen molar-refractivity contribution in [2.24, 2.45) is 0 Å². The van der Waals surface area contributed by atoms with E-state index in [-0.39, 0.29) is 11.3 Å². The fraction of sp³-hybridized carbons (Fsp3) is 0.250. The van der Waals surface area contributed by atoms with Crippen LogP contribution in [0.4, 0.5) is 4.39 Å². The summed E-state index contributed by atoms with van der Waals surface area (Å²) in [7, 11) is 1.58. The molecule has 0 aliphatic carbocycles. The van der Waals surface area contributed by atoms with E-state index in [4.69, 9.17) is 14.2 Å². The molecule has 0 aromatic heterocycles. The van der Waals surface area contributed by atoms with Crippen LogP contribution in [0.3, 0.4) is 0 Å². The molecule has 25 heavy (non-hydrogen) atoms. The highest BCUT2D eigenvalue weighted by molar-refractivity contribution is 6.13. The smallest absolute Gasteiger partial charge is 0.192 e. The first-order valence-electron chi connectivity index (χ1n) is 8.11. The number of hydrogen-bond acceptors (Lipinski definition) is 4. The van der Waals surface area contributed by atoms with Gasteiger partial charge in [-0.3, -0.25) is 4.79 Å².